The number of nitrogens with one attached hydrogen (secondary N) is 1. The van der Waals surface area contributed by atoms with Crippen molar-refractivity contribution in [1.82, 2.24) is 5.32 Å². The Morgan fingerprint density at radius 3 is 2.25 bits per heavy atom. The van der Waals surface area contributed by atoms with Gasteiger partial charge in [0.25, 0.3) is 0 Å². The Hall–Kier alpha value is -1.84. The van der Waals surface area contributed by atoms with Crippen LogP contribution in [0.1, 0.15) is 25.0 Å². The first kappa shape index (κ1) is 18.5. The Kier molecular flexibility index (Phi) is 7.80. The number of hydrogen-bond acceptors (Lipinski definition) is 3. The zero-order valence-electron chi connectivity index (χ0n) is 15.0. The molecule has 1 N–H and O–H groups in total. The van der Waals surface area contributed by atoms with Gasteiger partial charge in [-0.3, -0.25) is 0 Å². The SMILES string of the molecule is COc1ccc(CC(CNC(C)C)COCc2ccccc2)cc1. The van der Waals surface area contributed by atoms with Crippen molar-refractivity contribution in [1.29, 1.82) is 0 Å². The van der Waals surface area contributed by atoms with Crippen LogP contribution < -0.4 is 10.1 Å². The van der Waals surface area contributed by atoms with Gasteiger partial charge in [-0.2, -0.15) is 0 Å². The van der Waals surface area contributed by atoms with E-state index in [1.807, 2.05) is 30.3 Å². The van der Waals surface area contributed by atoms with E-state index in [0.717, 1.165) is 25.3 Å². The lowest BCUT2D eigenvalue weighted by Gasteiger charge is -2.20. The van der Waals surface area contributed by atoms with Gasteiger partial charge in [-0.1, -0.05) is 56.3 Å². The first-order chi connectivity index (χ1) is 11.7. The van der Waals surface area contributed by atoms with Gasteiger partial charge in [0.1, 0.15) is 5.75 Å². The van der Waals surface area contributed by atoms with Crippen molar-refractivity contribution < 1.29 is 9.47 Å². The minimum atomic E-state index is 0.449. The standard InChI is InChI=1S/C21H29NO2/c1-17(2)22-14-20(13-18-9-11-21(23-3)12-10-18)16-24-15-19-7-5-4-6-8-19/h4-12,17,20,22H,13-16H2,1-3H3. The number of ether oxygens (including phenoxy) is 2. The second-order valence-electron chi connectivity index (χ2n) is 6.48. The minimum absolute atomic E-state index is 0.449. The zero-order valence-corrected chi connectivity index (χ0v) is 15.0. The Morgan fingerprint density at radius 2 is 1.62 bits per heavy atom. The smallest absolute Gasteiger partial charge is 0.118 e. The predicted molar refractivity (Wildman–Crippen MR) is 99.4 cm³/mol. The van der Waals surface area contributed by atoms with E-state index < -0.39 is 0 Å². The van der Waals surface area contributed by atoms with Crippen molar-refractivity contribution in [3.63, 3.8) is 0 Å². The number of methoxy groups -OCH3 is 1. The molecule has 0 amide bonds. The minimum Gasteiger partial charge on any atom is -0.497 e. The van der Waals surface area contributed by atoms with Gasteiger partial charge in [0.15, 0.2) is 0 Å². The van der Waals surface area contributed by atoms with Crippen LogP contribution in [0.4, 0.5) is 0 Å². The molecule has 0 aliphatic rings. The average Bonchev–Trinajstić information content (AvgIpc) is 2.61. The molecule has 0 aromatic heterocycles. The molecule has 0 bridgehead atoms. The second-order valence-corrected chi connectivity index (χ2v) is 6.48. The van der Waals surface area contributed by atoms with E-state index in [1.54, 1.807) is 7.11 Å². The molecule has 3 nitrogen and oxygen atoms in total. The Bertz CT molecular complexity index is 566. The van der Waals surface area contributed by atoms with Crippen molar-refractivity contribution in [2.45, 2.75) is 32.9 Å². The molecule has 24 heavy (non-hydrogen) atoms. The van der Waals surface area contributed by atoms with Crippen molar-refractivity contribution in [2.75, 3.05) is 20.3 Å². The fourth-order valence-electron chi connectivity index (χ4n) is 2.61. The van der Waals surface area contributed by atoms with E-state index in [4.69, 9.17) is 9.47 Å². The van der Waals surface area contributed by atoms with E-state index in [1.165, 1.54) is 11.1 Å². The molecule has 130 valence electrons. The summed E-state index contributed by atoms with van der Waals surface area (Å²) in [5, 5.41) is 3.53. The molecule has 1 unspecified atom stereocenters. The van der Waals surface area contributed by atoms with Crippen molar-refractivity contribution in [3.8, 4) is 5.75 Å². The summed E-state index contributed by atoms with van der Waals surface area (Å²) < 4.78 is 11.2. The van der Waals surface area contributed by atoms with Crippen LogP contribution in [-0.2, 0) is 17.8 Å². The molecule has 0 fully saturated rings. The molecule has 0 saturated heterocycles. The maximum absolute atomic E-state index is 5.97. The van der Waals surface area contributed by atoms with E-state index in [2.05, 4.69) is 43.4 Å². The number of rotatable bonds is 10. The molecule has 0 saturated carbocycles. The lowest BCUT2D eigenvalue weighted by atomic mass is 9.99. The monoisotopic (exact) mass is 327 g/mol. The first-order valence-electron chi connectivity index (χ1n) is 8.65. The highest BCUT2D eigenvalue weighted by atomic mass is 16.5. The number of benzene rings is 2. The summed E-state index contributed by atoms with van der Waals surface area (Å²) in [6.07, 6.45) is 0.999. The van der Waals surface area contributed by atoms with Crippen LogP contribution in [0.3, 0.4) is 0 Å². The first-order valence-corrected chi connectivity index (χ1v) is 8.65. The molecular weight excluding hydrogens is 298 g/mol. The van der Waals surface area contributed by atoms with Crippen LogP contribution in [0.2, 0.25) is 0 Å². The normalized spacial score (nSPS) is 12.3. The van der Waals surface area contributed by atoms with Gasteiger partial charge in [-0.15, -0.1) is 0 Å². The van der Waals surface area contributed by atoms with Crippen LogP contribution >= 0.6 is 0 Å². The molecule has 1 atom stereocenters. The lowest BCUT2D eigenvalue weighted by molar-refractivity contribution is 0.0859. The summed E-state index contributed by atoms with van der Waals surface area (Å²) in [5.41, 5.74) is 2.53. The Morgan fingerprint density at radius 1 is 0.917 bits per heavy atom. The van der Waals surface area contributed by atoms with Crippen LogP contribution in [-0.4, -0.2) is 26.3 Å². The zero-order chi connectivity index (χ0) is 17.2. The Balaban J connectivity index is 1.87. The lowest BCUT2D eigenvalue weighted by Crippen LogP contribution is -2.32. The van der Waals surface area contributed by atoms with E-state index in [0.29, 0.717) is 18.6 Å². The van der Waals surface area contributed by atoms with Gasteiger partial charge < -0.3 is 14.8 Å². The third-order valence-corrected chi connectivity index (χ3v) is 3.96. The maximum Gasteiger partial charge on any atom is 0.118 e. The molecule has 2 aromatic rings. The molecule has 0 radical (unpaired) electrons. The highest BCUT2D eigenvalue weighted by Gasteiger charge is 2.11. The van der Waals surface area contributed by atoms with Gasteiger partial charge in [-0.25, -0.2) is 0 Å². The average molecular weight is 327 g/mol. The van der Waals surface area contributed by atoms with Gasteiger partial charge in [-0.05, 0) is 35.6 Å². The maximum atomic E-state index is 5.97. The van der Waals surface area contributed by atoms with Crippen LogP contribution in [0.25, 0.3) is 0 Å². The molecule has 0 aliphatic carbocycles. The summed E-state index contributed by atoms with van der Waals surface area (Å²) >= 11 is 0. The van der Waals surface area contributed by atoms with E-state index in [9.17, 15) is 0 Å². The van der Waals surface area contributed by atoms with Crippen molar-refractivity contribution in [3.05, 3.63) is 65.7 Å². The fraction of sp³-hybridized carbons (Fsp3) is 0.429. The summed E-state index contributed by atoms with van der Waals surface area (Å²) in [7, 11) is 1.70. The third kappa shape index (κ3) is 6.73. The van der Waals surface area contributed by atoms with Crippen LogP contribution in [0.5, 0.6) is 5.75 Å². The topological polar surface area (TPSA) is 30.5 Å². The Labute approximate surface area is 146 Å². The molecular formula is C21H29NO2. The van der Waals surface area contributed by atoms with E-state index in [-0.39, 0.29) is 0 Å². The summed E-state index contributed by atoms with van der Waals surface area (Å²) in [6.45, 7) is 6.73. The third-order valence-electron chi connectivity index (χ3n) is 3.96. The van der Waals surface area contributed by atoms with Gasteiger partial charge in [0.05, 0.1) is 20.3 Å². The van der Waals surface area contributed by atoms with Gasteiger partial charge in [0.2, 0.25) is 0 Å². The molecule has 0 aliphatic heterocycles. The summed E-state index contributed by atoms with van der Waals surface area (Å²) in [4.78, 5) is 0. The van der Waals surface area contributed by atoms with Gasteiger partial charge >= 0.3 is 0 Å². The largest absolute Gasteiger partial charge is 0.497 e. The van der Waals surface area contributed by atoms with E-state index >= 15 is 0 Å². The molecule has 2 aromatic carbocycles. The highest BCUT2D eigenvalue weighted by molar-refractivity contribution is 5.27. The highest BCUT2D eigenvalue weighted by Crippen LogP contribution is 2.15. The molecule has 0 spiro atoms. The second kappa shape index (κ2) is 10.1. The summed E-state index contributed by atoms with van der Waals surface area (Å²) in [5.74, 6) is 1.35. The predicted octanol–water partition coefficient (Wildman–Crippen LogP) is 4.07. The molecule has 0 heterocycles. The fourth-order valence-corrected chi connectivity index (χ4v) is 2.61. The quantitative estimate of drug-likeness (QED) is 0.713. The van der Waals surface area contributed by atoms with Crippen LogP contribution in [0, 0.1) is 5.92 Å². The van der Waals surface area contributed by atoms with Gasteiger partial charge in [0, 0.05) is 12.6 Å². The molecule has 3 heteroatoms. The molecule has 2 rings (SSSR count). The van der Waals surface area contributed by atoms with Crippen molar-refractivity contribution >= 4 is 0 Å². The van der Waals surface area contributed by atoms with Crippen molar-refractivity contribution in [2.24, 2.45) is 5.92 Å². The number of hydrogen-bond donors (Lipinski definition) is 1. The van der Waals surface area contributed by atoms with Crippen LogP contribution in [0.15, 0.2) is 54.6 Å². The summed E-state index contributed by atoms with van der Waals surface area (Å²) in [6, 6.07) is 19.1.